The second-order valence-electron chi connectivity index (χ2n) is 7.50. The van der Waals surface area contributed by atoms with Crippen LogP contribution in [0.4, 0.5) is 0 Å². The Hall–Kier alpha value is -3.03. The predicted molar refractivity (Wildman–Crippen MR) is 117 cm³/mol. The number of benzene rings is 1. The van der Waals surface area contributed by atoms with Crippen molar-refractivity contribution >= 4 is 15.9 Å². The normalized spacial score (nSPS) is 18.7. The third-order valence-electron chi connectivity index (χ3n) is 5.52. The lowest BCUT2D eigenvalue weighted by Gasteiger charge is -2.29. The lowest BCUT2D eigenvalue weighted by Crippen LogP contribution is -2.39. The molecule has 1 fully saturated rings. The smallest absolute Gasteiger partial charge is 0.251 e. The summed E-state index contributed by atoms with van der Waals surface area (Å²) in [7, 11) is -3.55. The lowest BCUT2D eigenvalue weighted by molar-refractivity contribution is 0.0889. The molecule has 170 valence electrons. The van der Waals surface area contributed by atoms with Gasteiger partial charge < -0.3 is 10.1 Å². The van der Waals surface area contributed by atoms with E-state index in [1.807, 2.05) is 6.07 Å². The highest BCUT2D eigenvalue weighted by molar-refractivity contribution is 7.89. The molecule has 2 aromatic rings. The van der Waals surface area contributed by atoms with Crippen LogP contribution in [0, 0.1) is 11.3 Å². The second-order valence-corrected chi connectivity index (χ2v) is 9.44. The number of sulfonamides is 1. The Bertz CT molecular complexity index is 1070. The van der Waals surface area contributed by atoms with Gasteiger partial charge in [0.2, 0.25) is 15.7 Å². The zero-order valence-corrected chi connectivity index (χ0v) is 19.0. The summed E-state index contributed by atoms with van der Waals surface area (Å²) < 4.78 is 32.4. The highest BCUT2D eigenvalue weighted by Crippen LogP contribution is 2.24. The maximum atomic E-state index is 12.6. The van der Waals surface area contributed by atoms with Crippen molar-refractivity contribution in [2.45, 2.75) is 56.6 Å². The molecule has 32 heavy (non-hydrogen) atoms. The molecule has 0 bridgehead atoms. The van der Waals surface area contributed by atoms with E-state index in [1.54, 1.807) is 13.8 Å². The minimum atomic E-state index is -3.55. The van der Waals surface area contributed by atoms with Crippen molar-refractivity contribution in [2.75, 3.05) is 13.1 Å². The van der Waals surface area contributed by atoms with Crippen LogP contribution in [0.3, 0.4) is 0 Å². The Kier molecular flexibility index (Phi) is 7.77. The number of carbonyl (C=O) groups excluding carboxylic acids is 1. The van der Waals surface area contributed by atoms with Crippen LogP contribution in [0.5, 0.6) is 5.88 Å². The molecule has 0 unspecified atom stereocenters. The van der Waals surface area contributed by atoms with Gasteiger partial charge in [-0.3, -0.25) is 4.79 Å². The van der Waals surface area contributed by atoms with Crippen molar-refractivity contribution in [2.24, 2.45) is 0 Å². The van der Waals surface area contributed by atoms with E-state index in [9.17, 15) is 13.2 Å². The van der Waals surface area contributed by atoms with E-state index in [2.05, 4.69) is 15.3 Å². The van der Waals surface area contributed by atoms with Crippen molar-refractivity contribution in [3.8, 4) is 11.9 Å². The molecule has 3 rings (SSSR count). The van der Waals surface area contributed by atoms with Crippen molar-refractivity contribution in [1.29, 1.82) is 5.26 Å². The monoisotopic (exact) mass is 457 g/mol. The van der Waals surface area contributed by atoms with Crippen molar-refractivity contribution in [3.05, 3.63) is 47.9 Å². The molecule has 10 heteroatoms. The largest absolute Gasteiger partial charge is 0.472 e. The highest BCUT2D eigenvalue weighted by Gasteiger charge is 2.26. The van der Waals surface area contributed by atoms with Gasteiger partial charge >= 0.3 is 0 Å². The van der Waals surface area contributed by atoms with Gasteiger partial charge in [0.05, 0.1) is 4.90 Å². The first-order valence-electron chi connectivity index (χ1n) is 10.7. The van der Waals surface area contributed by atoms with Crippen molar-refractivity contribution < 1.29 is 17.9 Å². The predicted octanol–water partition coefficient (Wildman–Crippen LogP) is 2.50. The SMILES string of the molecule is CCN(CC)S(=O)(=O)c1ccc(C(=O)NC2CCC(Oc3nccnc3C#N)CC2)cc1. The average Bonchev–Trinajstić information content (AvgIpc) is 2.81. The first-order chi connectivity index (χ1) is 15.4. The first-order valence-corrected chi connectivity index (χ1v) is 12.1. The third-order valence-corrected chi connectivity index (χ3v) is 7.58. The van der Waals surface area contributed by atoms with E-state index in [1.165, 1.54) is 41.0 Å². The Morgan fingerprint density at radius 1 is 1.12 bits per heavy atom. The first kappa shape index (κ1) is 23.6. The molecule has 1 aromatic heterocycles. The number of ether oxygens (including phenoxy) is 1. The fourth-order valence-corrected chi connectivity index (χ4v) is 5.19. The Labute approximate surface area is 188 Å². The van der Waals surface area contributed by atoms with Gasteiger partial charge in [0, 0.05) is 37.1 Å². The van der Waals surface area contributed by atoms with E-state index in [0.717, 1.165) is 12.8 Å². The van der Waals surface area contributed by atoms with E-state index in [0.29, 0.717) is 31.5 Å². The summed E-state index contributed by atoms with van der Waals surface area (Å²) in [5.41, 5.74) is 0.578. The van der Waals surface area contributed by atoms with E-state index < -0.39 is 10.0 Å². The second kappa shape index (κ2) is 10.5. The van der Waals surface area contributed by atoms with Gasteiger partial charge in [0.1, 0.15) is 12.2 Å². The molecule has 1 aliphatic carbocycles. The number of amides is 1. The minimum Gasteiger partial charge on any atom is -0.472 e. The van der Waals surface area contributed by atoms with Crippen LogP contribution in [0.25, 0.3) is 0 Å². The Morgan fingerprint density at radius 2 is 1.75 bits per heavy atom. The fourth-order valence-electron chi connectivity index (χ4n) is 3.73. The van der Waals surface area contributed by atoms with Gasteiger partial charge in [-0.05, 0) is 49.9 Å². The molecule has 1 saturated carbocycles. The molecule has 1 aliphatic rings. The molecule has 1 aromatic carbocycles. The Balaban J connectivity index is 1.54. The van der Waals surface area contributed by atoms with Crippen molar-refractivity contribution in [1.82, 2.24) is 19.6 Å². The number of aromatic nitrogens is 2. The summed E-state index contributed by atoms with van der Waals surface area (Å²) in [6.45, 7) is 4.36. The van der Waals surface area contributed by atoms with Crippen LogP contribution in [-0.4, -0.2) is 53.8 Å². The number of nitriles is 1. The topological polar surface area (TPSA) is 125 Å². The standard InChI is InChI=1S/C22H27N5O4S/c1-3-27(4-2)32(29,30)19-11-5-16(6-12-19)21(28)26-17-7-9-18(10-8-17)31-22-20(15-23)24-13-14-25-22/h5-6,11-14,17-18H,3-4,7-10H2,1-2H3,(H,26,28). The molecule has 1 amide bonds. The third kappa shape index (κ3) is 5.41. The molecule has 0 radical (unpaired) electrons. The molecule has 0 atom stereocenters. The van der Waals surface area contributed by atoms with Gasteiger partial charge in [-0.15, -0.1) is 0 Å². The summed E-state index contributed by atoms with van der Waals surface area (Å²) in [4.78, 5) is 20.8. The quantitative estimate of drug-likeness (QED) is 0.645. The number of hydrogen-bond acceptors (Lipinski definition) is 7. The molecule has 1 N–H and O–H groups in total. The van der Waals surface area contributed by atoms with Gasteiger partial charge in [-0.25, -0.2) is 18.4 Å². The zero-order chi connectivity index (χ0) is 23.1. The zero-order valence-electron chi connectivity index (χ0n) is 18.2. The molecule has 1 heterocycles. The van der Waals surface area contributed by atoms with E-state index in [-0.39, 0.29) is 34.5 Å². The van der Waals surface area contributed by atoms with Crippen LogP contribution < -0.4 is 10.1 Å². The minimum absolute atomic E-state index is 0.00118. The summed E-state index contributed by atoms with van der Waals surface area (Å²) >= 11 is 0. The van der Waals surface area contributed by atoms with Crippen molar-refractivity contribution in [3.63, 3.8) is 0 Å². The van der Waals surface area contributed by atoms with Crippen LogP contribution in [0.1, 0.15) is 55.6 Å². The number of nitrogens with zero attached hydrogens (tertiary/aromatic N) is 4. The van der Waals surface area contributed by atoms with Crippen LogP contribution in [0.15, 0.2) is 41.6 Å². The number of rotatable bonds is 8. The molecular formula is C22H27N5O4S. The highest BCUT2D eigenvalue weighted by atomic mass is 32.2. The fraction of sp³-hybridized carbons (Fsp3) is 0.455. The van der Waals surface area contributed by atoms with Gasteiger partial charge in [0.25, 0.3) is 11.8 Å². The Morgan fingerprint density at radius 3 is 2.34 bits per heavy atom. The number of nitrogens with one attached hydrogen (secondary N) is 1. The molecular weight excluding hydrogens is 430 g/mol. The maximum Gasteiger partial charge on any atom is 0.251 e. The van der Waals surface area contributed by atoms with E-state index >= 15 is 0 Å². The van der Waals surface area contributed by atoms with Gasteiger partial charge in [0.15, 0.2) is 0 Å². The van der Waals surface area contributed by atoms with Gasteiger partial charge in [-0.2, -0.15) is 9.57 Å². The lowest BCUT2D eigenvalue weighted by atomic mass is 9.92. The number of hydrogen-bond donors (Lipinski definition) is 1. The summed E-state index contributed by atoms with van der Waals surface area (Å²) in [5, 5.41) is 12.1. The van der Waals surface area contributed by atoms with Crippen LogP contribution >= 0.6 is 0 Å². The molecule has 9 nitrogen and oxygen atoms in total. The maximum absolute atomic E-state index is 12.6. The molecule has 0 aliphatic heterocycles. The summed E-state index contributed by atoms with van der Waals surface area (Å²) in [6, 6.07) is 7.99. The molecule has 0 saturated heterocycles. The van der Waals surface area contributed by atoms with Crippen LogP contribution in [0.2, 0.25) is 0 Å². The van der Waals surface area contributed by atoms with Crippen LogP contribution in [-0.2, 0) is 10.0 Å². The molecule has 0 spiro atoms. The average molecular weight is 458 g/mol. The van der Waals surface area contributed by atoms with Gasteiger partial charge in [-0.1, -0.05) is 13.8 Å². The summed E-state index contributed by atoms with van der Waals surface area (Å²) in [5.74, 6) is 0.00378. The summed E-state index contributed by atoms with van der Waals surface area (Å²) in [6.07, 6.45) is 5.74. The number of carbonyl (C=O) groups is 1. The van der Waals surface area contributed by atoms with E-state index in [4.69, 9.17) is 10.00 Å².